The van der Waals surface area contributed by atoms with E-state index >= 15 is 0 Å². The molecule has 0 rings (SSSR count). The number of unbranched alkanes of at least 4 members (excludes halogenated alkanes) is 2. The first-order valence-corrected chi connectivity index (χ1v) is 9.88. The highest BCUT2D eigenvalue weighted by Gasteiger charge is 2.07. The molecule has 25 heavy (non-hydrogen) atoms. The molecule has 0 aliphatic rings. The minimum Gasteiger partial charge on any atom is -0.394 e. The summed E-state index contributed by atoms with van der Waals surface area (Å²) in [6.07, 6.45) is 7.65. The molecule has 0 saturated heterocycles. The molecule has 0 bridgehead atoms. The summed E-state index contributed by atoms with van der Waals surface area (Å²) in [6.45, 7) is 9.39. The van der Waals surface area contributed by atoms with Gasteiger partial charge >= 0.3 is 0 Å². The maximum Gasteiger partial charge on any atom is 0.0704 e. The number of hydrogen-bond acceptors (Lipinski definition) is 6. The van der Waals surface area contributed by atoms with Gasteiger partial charge in [0.15, 0.2) is 0 Å². The molecule has 0 aromatic rings. The third-order valence-electron chi connectivity index (χ3n) is 3.67. The van der Waals surface area contributed by atoms with Crippen LogP contribution in [0, 0.1) is 0 Å². The number of hydrogen-bond donors (Lipinski definition) is 1. The van der Waals surface area contributed by atoms with Crippen molar-refractivity contribution in [2.24, 2.45) is 0 Å². The third-order valence-corrected chi connectivity index (χ3v) is 3.67. The Hall–Kier alpha value is -0.240. The maximum atomic E-state index is 8.53. The second-order valence-electron chi connectivity index (χ2n) is 5.95. The topological polar surface area (TPSA) is 66.4 Å². The lowest BCUT2D eigenvalue weighted by molar-refractivity contribution is -0.0269. The predicted octanol–water partition coefficient (Wildman–Crippen LogP) is 2.81. The van der Waals surface area contributed by atoms with Gasteiger partial charge in [-0.15, -0.1) is 0 Å². The molecule has 0 aliphatic carbocycles. The normalized spacial score (nSPS) is 12.6. The quantitative estimate of drug-likeness (QED) is 0.316. The minimum absolute atomic E-state index is 0.0479. The molecule has 1 unspecified atom stereocenters. The van der Waals surface area contributed by atoms with Crippen LogP contribution < -0.4 is 0 Å². The molecule has 0 spiro atoms. The molecule has 6 heteroatoms. The standard InChI is InChI=1S/C19H40O6/c1-3-5-6-8-19(7-4-2)25-18-17-24-16-15-23-14-13-22-12-11-21-10-9-20/h19-20H,3-18H2,1-2H3. The molecule has 0 radical (unpaired) electrons. The SMILES string of the molecule is CCCCCC(CCC)OCCOCCOCCOCCOCCO. The minimum atomic E-state index is 0.0479. The molecule has 0 amide bonds. The van der Waals surface area contributed by atoms with Crippen molar-refractivity contribution in [1.82, 2.24) is 0 Å². The van der Waals surface area contributed by atoms with E-state index in [4.69, 9.17) is 28.8 Å². The Morgan fingerprint density at radius 1 is 0.600 bits per heavy atom. The lowest BCUT2D eigenvalue weighted by atomic mass is 10.1. The summed E-state index contributed by atoms with van der Waals surface area (Å²) in [5.74, 6) is 0. The van der Waals surface area contributed by atoms with Crippen molar-refractivity contribution in [2.75, 3.05) is 66.1 Å². The van der Waals surface area contributed by atoms with Crippen molar-refractivity contribution >= 4 is 0 Å². The van der Waals surface area contributed by atoms with E-state index < -0.39 is 0 Å². The molecule has 6 nitrogen and oxygen atoms in total. The lowest BCUT2D eigenvalue weighted by Crippen LogP contribution is -2.17. The molecule has 0 heterocycles. The first-order chi connectivity index (χ1) is 12.3. The summed E-state index contributed by atoms with van der Waals surface area (Å²) in [5, 5.41) is 8.53. The number of aliphatic hydroxyl groups excluding tert-OH is 1. The molecule has 152 valence electrons. The van der Waals surface area contributed by atoms with Gasteiger partial charge in [-0.2, -0.15) is 0 Å². The largest absolute Gasteiger partial charge is 0.394 e. The van der Waals surface area contributed by atoms with Crippen molar-refractivity contribution < 1.29 is 28.8 Å². The summed E-state index contributed by atoms with van der Waals surface area (Å²) >= 11 is 0. The van der Waals surface area contributed by atoms with Gasteiger partial charge in [-0.25, -0.2) is 0 Å². The number of aliphatic hydroxyl groups is 1. The van der Waals surface area contributed by atoms with Gasteiger partial charge < -0.3 is 28.8 Å². The molecule has 0 aromatic heterocycles. The zero-order chi connectivity index (χ0) is 18.4. The van der Waals surface area contributed by atoms with Crippen molar-refractivity contribution in [3.8, 4) is 0 Å². The molecule has 0 aromatic carbocycles. The maximum absolute atomic E-state index is 8.53. The van der Waals surface area contributed by atoms with E-state index in [0.29, 0.717) is 65.6 Å². The fourth-order valence-corrected chi connectivity index (χ4v) is 2.36. The fourth-order valence-electron chi connectivity index (χ4n) is 2.36. The Kier molecular flexibility index (Phi) is 21.6. The zero-order valence-electron chi connectivity index (χ0n) is 16.4. The second-order valence-corrected chi connectivity index (χ2v) is 5.95. The van der Waals surface area contributed by atoms with Gasteiger partial charge in [0.25, 0.3) is 0 Å². The summed E-state index contributed by atoms with van der Waals surface area (Å²) < 4.78 is 27.3. The van der Waals surface area contributed by atoms with Crippen molar-refractivity contribution in [2.45, 2.75) is 58.5 Å². The smallest absolute Gasteiger partial charge is 0.0704 e. The van der Waals surface area contributed by atoms with Gasteiger partial charge in [0.2, 0.25) is 0 Å². The average Bonchev–Trinajstić information content (AvgIpc) is 2.62. The average molecular weight is 365 g/mol. The van der Waals surface area contributed by atoms with Crippen LogP contribution in [-0.4, -0.2) is 77.3 Å². The second kappa shape index (κ2) is 21.8. The Balaban J connectivity index is 3.25. The van der Waals surface area contributed by atoms with Crippen molar-refractivity contribution in [3.63, 3.8) is 0 Å². The Bertz CT molecular complexity index is 240. The summed E-state index contributed by atoms with van der Waals surface area (Å²) in [5.41, 5.74) is 0. The first kappa shape index (κ1) is 24.8. The van der Waals surface area contributed by atoms with Crippen LogP contribution in [0.2, 0.25) is 0 Å². The van der Waals surface area contributed by atoms with Gasteiger partial charge in [0.05, 0.1) is 72.2 Å². The molecular formula is C19H40O6. The van der Waals surface area contributed by atoms with Gasteiger partial charge in [0.1, 0.15) is 0 Å². The van der Waals surface area contributed by atoms with E-state index in [9.17, 15) is 0 Å². The van der Waals surface area contributed by atoms with Crippen LogP contribution in [0.4, 0.5) is 0 Å². The lowest BCUT2D eigenvalue weighted by Gasteiger charge is -2.17. The van der Waals surface area contributed by atoms with E-state index in [1.807, 2.05) is 0 Å². The summed E-state index contributed by atoms with van der Waals surface area (Å²) in [6, 6.07) is 0. The molecule has 0 saturated carbocycles. The number of rotatable bonds is 21. The Labute approximate surface area is 154 Å². The number of ether oxygens (including phenoxy) is 5. The monoisotopic (exact) mass is 364 g/mol. The first-order valence-electron chi connectivity index (χ1n) is 9.88. The van der Waals surface area contributed by atoms with Crippen LogP contribution in [-0.2, 0) is 23.7 Å². The summed E-state index contributed by atoms with van der Waals surface area (Å²) in [4.78, 5) is 0. The molecule has 1 N–H and O–H groups in total. The van der Waals surface area contributed by atoms with Crippen molar-refractivity contribution in [1.29, 1.82) is 0 Å². The van der Waals surface area contributed by atoms with E-state index in [1.165, 1.54) is 25.7 Å². The highest BCUT2D eigenvalue weighted by Crippen LogP contribution is 2.11. The van der Waals surface area contributed by atoms with Gasteiger partial charge in [-0.3, -0.25) is 0 Å². The highest BCUT2D eigenvalue weighted by molar-refractivity contribution is 4.57. The van der Waals surface area contributed by atoms with Gasteiger partial charge in [-0.1, -0.05) is 39.5 Å². The molecule has 1 atom stereocenters. The predicted molar refractivity (Wildman–Crippen MR) is 99.2 cm³/mol. The molecular weight excluding hydrogens is 324 g/mol. The van der Waals surface area contributed by atoms with Crippen LogP contribution in [0.25, 0.3) is 0 Å². The fraction of sp³-hybridized carbons (Fsp3) is 1.00. The van der Waals surface area contributed by atoms with Gasteiger partial charge in [0, 0.05) is 0 Å². The molecule has 0 aliphatic heterocycles. The Morgan fingerprint density at radius 3 is 1.60 bits per heavy atom. The third kappa shape index (κ3) is 19.9. The van der Waals surface area contributed by atoms with E-state index in [1.54, 1.807) is 0 Å². The Morgan fingerprint density at radius 2 is 1.12 bits per heavy atom. The van der Waals surface area contributed by atoms with E-state index in [-0.39, 0.29) is 6.61 Å². The van der Waals surface area contributed by atoms with Crippen LogP contribution >= 0.6 is 0 Å². The highest BCUT2D eigenvalue weighted by atomic mass is 16.6. The van der Waals surface area contributed by atoms with Gasteiger partial charge in [-0.05, 0) is 12.8 Å². The van der Waals surface area contributed by atoms with E-state index in [0.717, 1.165) is 12.8 Å². The summed E-state index contributed by atoms with van der Waals surface area (Å²) in [7, 11) is 0. The zero-order valence-corrected chi connectivity index (χ0v) is 16.4. The van der Waals surface area contributed by atoms with E-state index in [2.05, 4.69) is 13.8 Å². The van der Waals surface area contributed by atoms with Crippen LogP contribution in [0.15, 0.2) is 0 Å². The van der Waals surface area contributed by atoms with Crippen molar-refractivity contribution in [3.05, 3.63) is 0 Å². The van der Waals surface area contributed by atoms with Crippen LogP contribution in [0.1, 0.15) is 52.4 Å². The van der Waals surface area contributed by atoms with Crippen LogP contribution in [0.5, 0.6) is 0 Å². The van der Waals surface area contributed by atoms with Crippen LogP contribution in [0.3, 0.4) is 0 Å². The molecule has 0 fully saturated rings.